The van der Waals surface area contributed by atoms with E-state index in [1.165, 1.54) is 6.07 Å². The van der Waals surface area contributed by atoms with Crippen molar-refractivity contribution in [2.75, 3.05) is 19.8 Å². The first-order valence-electron chi connectivity index (χ1n) is 5.47. The van der Waals surface area contributed by atoms with E-state index in [9.17, 15) is 4.39 Å². The molecule has 0 aliphatic rings. The highest BCUT2D eigenvalue weighted by atomic mass is 19.1. The van der Waals surface area contributed by atoms with Crippen LogP contribution in [0.1, 0.15) is 18.9 Å². The van der Waals surface area contributed by atoms with Gasteiger partial charge in [0, 0.05) is 26.2 Å². The molecular formula is C12H18FNO2. The molecule has 3 nitrogen and oxygen atoms in total. The fourth-order valence-electron chi connectivity index (χ4n) is 1.28. The Hall–Kier alpha value is -1.13. The first-order valence-corrected chi connectivity index (χ1v) is 5.47. The first-order chi connectivity index (χ1) is 7.77. The lowest BCUT2D eigenvalue weighted by Crippen LogP contribution is -2.04. The minimum Gasteiger partial charge on any atom is -0.490 e. The summed E-state index contributed by atoms with van der Waals surface area (Å²) in [4.78, 5) is 0. The fraction of sp³-hybridized carbons (Fsp3) is 0.500. The van der Waals surface area contributed by atoms with Crippen molar-refractivity contribution in [1.82, 2.24) is 0 Å². The summed E-state index contributed by atoms with van der Waals surface area (Å²) >= 11 is 0. The summed E-state index contributed by atoms with van der Waals surface area (Å²) in [5.41, 5.74) is 6.16. The molecule has 0 aromatic heterocycles. The Labute approximate surface area is 95.4 Å². The monoisotopic (exact) mass is 227 g/mol. The van der Waals surface area contributed by atoms with Gasteiger partial charge >= 0.3 is 0 Å². The molecule has 0 aliphatic carbocycles. The van der Waals surface area contributed by atoms with Crippen LogP contribution >= 0.6 is 0 Å². The summed E-state index contributed by atoms with van der Waals surface area (Å²) in [5.74, 6) is -0.0898. The smallest absolute Gasteiger partial charge is 0.165 e. The van der Waals surface area contributed by atoms with Crippen molar-refractivity contribution in [3.63, 3.8) is 0 Å². The number of nitrogens with two attached hydrogens (primary N) is 1. The van der Waals surface area contributed by atoms with Crippen LogP contribution in [0.15, 0.2) is 18.2 Å². The molecule has 0 aliphatic heterocycles. The van der Waals surface area contributed by atoms with Gasteiger partial charge in [-0.15, -0.1) is 0 Å². The van der Waals surface area contributed by atoms with Gasteiger partial charge in [0.15, 0.2) is 11.6 Å². The molecule has 1 aromatic carbocycles. The highest BCUT2D eigenvalue weighted by Gasteiger charge is 2.03. The zero-order chi connectivity index (χ0) is 11.8. The van der Waals surface area contributed by atoms with Gasteiger partial charge in [0.25, 0.3) is 0 Å². The zero-order valence-corrected chi connectivity index (χ0v) is 9.54. The summed E-state index contributed by atoms with van der Waals surface area (Å²) in [6.45, 7) is 4.06. The average molecular weight is 227 g/mol. The van der Waals surface area contributed by atoms with Crippen LogP contribution in [-0.4, -0.2) is 19.8 Å². The Morgan fingerprint density at radius 3 is 2.75 bits per heavy atom. The molecule has 4 heteroatoms. The lowest BCUT2D eigenvalue weighted by atomic mass is 10.2. The molecule has 0 radical (unpaired) electrons. The largest absolute Gasteiger partial charge is 0.490 e. The Morgan fingerprint density at radius 1 is 1.31 bits per heavy atom. The molecule has 16 heavy (non-hydrogen) atoms. The maximum Gasteiger partial charge on any atom is 0.165 e. The molecule has 0 unspecified atom stereocenters. The topological polar surface area (TPSA) is 44.5 Å². The number of ether oxygens (including phenoxy) is 2. The molecule has 90 valence electrons. The minimum absolute atomic E-state index is 0.272. The van der Waals surface area contributed by atoms with Gasteiger partial charge in [0.1, 0.15) is 0 Å². The second kappa shape index (κ2) is 7.19. The summed E-state index contributed by atoms with van der Waals surface area (Å²) in [6.07, 6.45) is 0.756. The molecular weight excluding hydrogens is 209 g/mol. The van der Waals surface area contributed by atoms with E-state index in [2.05, 4.69) is 0 Å². The second-order valence-corrected chi connectivity index (χ2v) is 3.37. The Balaban J connectivity index is 2.36. The van der Waals surface area contributed by atoms with E-state index >= 15 is 0 Å². The lowest BCUT2D eigenvalue weighted by Gasteiger charge is -2.08. The summed E-state index contributed by atoms with van der Waals surface area (Å²) < 4.78 is 23.8. The lowest BCUT2D eigenvalue weighted by molar-refractivity contribution is 0.130. The number of rotatable bonds is 7. The SMILES string of the molecule is CCOCCCOc1ccc(CN)cc1F. The molecule has 1 rings (SSSR count). The third-order valence-electron chi connectivity index (χ3n) is 2.13. The number of halogens is 1. The van der Waals surface area contributed by atoms with Crippen LogP contribution in [0.3, 0.4) is 0 Å². The average Bonchev–Trinajstić information content (AvgIpc) is 2.30. The van der Waals surface area contributed by atoms with E-state index in [4.69, 9.17) is 15.2 Å². The summed E-state index contributed by atoms with van der Waals surface area (Å²) in [6, 6.07) is 4.77. The predicted molar refractivity (Wildman–Crippen MR) is 60.9 cm³/mol. The van der Waals surface area contributed by atoms with Crippen LogP contribution in [0.4, 0.5) is 4.39 Å². The van der Waals surface area contributed by atoms with Gasteiger partial charge in [-0.3, -0.25) is 0 Å². The maximum absolute atomic E-state index is 13.4. The van der Waals surface area contributed by atoms with Gasteiger partial charge in [0.05, 0.1) is 6.61 Å². The molecule has 0 heterocycles. The van der Waals surface area contributed by atoms with Gasteiger partial charge in [-0.1, -0.05) is 6.07 Å². The van der Waals surface area contributed by atoms with Crippen molar-refractivity contribution >= 4 is 0 Å². The third-order valence-corrected chi connectivity index (χ3v) is 2.13. The van der Waals surface area contributed by atoms with Crippen LogP contribution in [0.2, 0.25) is 0 Å². The first kappa shape index (κ1) is 12.9. The van der Waals surface area contributed by atoms with Gasteiger partial charge in [-0.2, -0.15) is 0 Å². The third kappa shape index (κ3) is 4.16. The van der Waals surface area contributed by atoms with E-state index < -0.39 is 0 Å². The molecule has 0 saturated carbocycles. The molecule has 1 aromatic rings. The second-order valence-electron chi connectivity index (χ2n) is 3.37. The maximum atomic E-state index is 13.4. The molecule has 0 bridgehead atoms. The summed E-state index contributed by atoms with van der Waals surface area (Å²) in [5, 5.41) is 0. The van der Waals surface area contributed by atoms with Crippen molar-refractivity contribution in [1.29, 1.82) is 0 Å². The van der Waals surface area contributed by atoms with Crippen LogP contribution in [0.25, 0.3) is 0 Å². The van der Waals surface area contributed by atoms with Crippen molar-refractivity contribution in [2.24, 2.45) is 5.73 Å². The number of hydrogen-bond acceptors (Lipinski definition) is 3. The molecule has 2 N–H and O–H groups in total. The molecule has 0 amide bonds. The molecule has 0 atom stereocenters. The normalized spacial score (nSPS) is 10.4. The van der Waals surface area contributed by atoms with Gasteiger partial charge in [0.2, 0.25) is 0 Å². The van der Waals surface area contributed by atoms with E-state index in [0.29, 0.717) is 26.4 Å². The molecule has 0 saturated heterocycles. The Kier molecular flexibility index (Phi) is 5.82. The van der Waals surface area contributed by atoms with E-state index in [1.807, 2.05) is 6.92 Å². The van der Waals surface area contributed by atoms with Crippen LogP contribution in [0, 0.1) is 5.82 Å². The minimum atomic E-state index is -0.362. The number of benzene rings is 1. The predicted octanol–water partition coefficient (Wildman–Crippen LogP) is 2.09. The van der Waals surface area contributed by atoms with Crippen molar-refractivity contribution in [3.8, 4) is 5.75 Å². The van der Waals surface area contributed by atoms with Crippen molar-refractivity contribution in [2.45, 2.75) is 19.9 Å². The molecule has 0 spiro atoms. The van der Waals surface area contributed by atoms with Gasteiger partial charge in [-0.25, -0.2) is 4.39 Å². The van der Waals surface area contributed by atoms with E-state index in [1.54, 1.807) is 12.1 Å². The summed E-state index contributed by atoms with van der Waals surface area (Å²) in [7, 11) is 0. The van der Waals surface area contributed by atoms with E-state index in [-0.39, 0.29) is 11.6 Å². The number of hydrogen-bond donors (Lipinski definition) is 1. The highest BCUT2D eigenvalue weighted by Crippen LogP contribution is 2.18. The van der Waals surface area contributed by atoms with Crippen LogP contribution < -0.4 is 10.5 Å². The standard InChI is InChI=1S/C12H18FNO2/c1-2-15-6-3-7-16-12-5-4-10(9-14)8-11(12)13/h4-5,8H,2-3,6-7,9,14H2,1H3. The Morgan fingerprint density at radius 2 is 2.12 bits per heavy atom. The van der Waals surface area contributed by atoms with Crippen LogP contribution in [0.5, 0.6) is 5.75 Å². The molecule has 0 fully saturated rings. The Bertz CT molecular complexity index is 318. The van der Waals surface area contributed by atoms with Gasteiger partial charge in [-0.05, 0) is 24.6 Å². The van der Waals surface area contributed by atoms with E-state index in [0.717, 1.165) is 12.0 Å². The quantitative estimate of drug-likeness (QED) is 0.725. The van der Waals surface area contributed by atoms with Crippen molar-refractivity contribution < 1.29 is 13.9 Å². The zero-order valence-electron chi connectivity index (χ0n) is 9.54. The van der Waals surface area contributed by atoms with Crippen LogP contribution in [-0.2, 0) is 11.3 Å². The fourth-order valence-corrected chi connectivity index (χ4v) is 1.28. The highest BCUT2D eigenvalue weighted by molar-refractivity contribution is 5.29. The van der Waals surface area contributed by atoms with Crippen molar-refractivity contribution in [3.05, 3.63) is 29.6 Å². The van der Waals surface area contributed by atoms with Gasteiger partial charge < -0.3 is 15.2 Å².